The van der Waals surface area contributed by atoms with Crippen molar-refractivity contribution in [3.8, 4) is 17.0 Å². The molecule has 0 spiro atoms. The number of anilines is 3. The molecule has 0 saturated heterocycles. The van der Waals surface area contributed by atoms with Gasteiger partial charge in [0.1, 0.15) is 5.75 Å². The summed E-state index contributed by atoms with van der Waals surface area (Å²) in [4.78, 5) is 12.5. The summed E-state index contributed by atoms with van der Waals surface area (Å²) in [6.45, 7) is 2.04. The topological polar surface area (TPSA) is 76.1 Å². The molecular formula is C25H21ClN4O2. The maximum atomic E-state index is 12.5. The Morgan fingerprint density at radius 2 is 1.69 bits per heavy atom. The van der Waals surface area contributed by atoms with E-state index in [1.54, 1.807) is 37.4 Å². The van der Waals surface area contributed by atoms with Crippen molar-refractivity contribution >= 4 is 34.7 Å². The third kappa shape index (κ3) is 5.04. The van der Waals surface area contributed by atoms with Gasteiger partial charge in [0.25, 0.3) is 5.91 Å². The molecule has 0 fully saturated rings. The zero-order valence-electron chi connectivity index (χ0n) is 17.6. The molecule has 4 rings (SSSR count). The fraction of sp³-hybridized carbons (Fsp3) is 0.0800. The number of benzene rings is 3. The minimum Gasteiger partial charge on any atom is -0.495 e. The number of nitrogens with zero attached hydrogens (tertiary/aromatic N) is 2. The lowest BCUT2D eigenvalue weighted by molar-refractivity contribution is 0.102. The molecule has 1 heterocycles. The summed E-state index contributed by atoms with van der Waals surface area (Å²) in [6, 6.07) is 24.1. The summed E-state index contributed by atoms with van der Waals surface area (Å²) in [7, 11) is 1.54. The maximum Gasteiger partial charge on any atom is 0.255 e. The van der Waals surface area contributed by atoms with E-state index in [0.29, 0.717) is 27.8 Å². The third-order valence-electron chi connectivity index (χ3n) is 4.81. The van der Waals surface area contributed by atoms with Gasteiger partial charge in [0.05, 0.1) is 17.8 Å². The molecule has 0 aliphatic rings. The van der Waals surface area contributed by atoms with E-state index in [4.69, 9.17) is 16.3 Å². The monoisotopic (exact) mass is 444 g/mol. The van der Waals surface area contributed by atoms with Crippen LogP contribution in [0.3, 0.4) is 0 Å². The van der Waals surface area contributed by atoms with Crippen molar-refractivity contribution in [2.24, 2.45) is 0 Å². The van der Waals surface area contributed by atoms with Crippen molar-refractivity contribution in [2.45, 2.75) is 6.92 Å². The van der Waals surface area contributed by atoms with Crippen LogP contribution in [0.25, 0.3) is 11.3 Å². The number of amides is 1. The van der Waals surface area contributed by atoms with Crippen molar-refractivity contribution in [1.82, 2.24) is 10.2 Å². The molecule has 0 atom stereocenters. The highest BCUT2D eigenvalue weighted by Crippen LogP contribution is 2.27. The van der Waals surface area contributed by atoms with Gasteiger partial charge in [-0.25, -0.2) is 0 Å². The highest BCUT2D eigenvalue weighted by Gasteiger charge is 2.09. The van der Waals surface area contributed by atoms with Gasteiger partial charge < -0.3 is 15.4 Å². The van der Waals surface area contributed by atoms with Crippen molar-refractivity contribution < 1.29 is 9.53 Å². The van der Waals surface area contributed by atoms with Crippen LogP contribution < -0.4 is 15.4 Å². The highest BCUT2D eigenvalue weighted by molar-refractivity contribution is 6.32. The number of carbonyl (C=O) groups excluding carboxylic acids is 1. The molecule has 6 nitrogen and oxygen atoms in total. The molecule has 1 amide bonds. The number of aryl methyl sites for hydroxylation is 1. The molecule has 4 aromatic rings. The minimum absolute atomic E-state index is 0.236. The Bertz CT molecular complexity index is 1240. The highest BCUT2D eigenvalue weighted by atomic mass is 35.5. The van der Waals surface area contributed by atoms with Gasteiger partial charge in [-0.2, -0.15) is 0 Å². The van der Waals surface area contributed by atoms with Gasteiger partial charge in [-0.1, -0.05) is 35.4 Å². The van der Waals surface area contributed by atoms with E-state index in [1.165, 1.54) is 5.56 Å². The average molecular weight is 445 g/mol. The Morgan fingerprint density at radius 1 is 0.906 bits per heavy atom. The van der Waals surface area contributed by atoms with Crippen LogP contribution in [-0.4, -0.2) is 23.2 Å². The molecular weight excluding hydrogens is 424 g/mol. The molecule has 0 unspecified atom stereocenters. The van der Waals surface area contributed by atoms with E-state index in [1.807, 2.05) is 49.4 Å². The molecule has 0 radical (unpaired) electrons. The Hall–Kier alpha value is -3.90. The Kier molecular flexibility index (Phi) is 6.33. The zero-order valence-corrected chi connectivity index (χ0v) is 18.4. The lowest BCUT2D eigenvalue weighted by atomic mass is 10.1. The first kappa shape index (κ1) is 21.3. The number of halogens is 1. The van der Waals surface area contributed by atoms with E-state index in [0.717, 1.165) is 16.9 Å². The number of hydrogen-bond acceptors (Lipinski definition) is 5. The van der Waals surface area contributed by atoms with E-state index in [-0.39, 0.29) is 5.91 Å². The summed E-state index contributed by atoms with van der Waals surface area (Å²) in [5.74, 6) is 0.932. The van der Waals surface area contributed by atoms with Gasteiger partial charge >= 0.3 is 0 Å². The smallest absolute Gasteiger partial charge is 0.255 e. The first-order valence-corrected chi connectivity index (χ1v) is 10.3. The Morgan fingerprint density at radius 3 is 2.34 bits per heavy atom. The largest absolute Gasteiger partial charge is 0.495 e. The number of carbonyl (C=O) groups is 1. The lowest BCUT2D eigenvalue weighted by Crippen LogP contribution is -2.11. The molecule has 2 N–H and O–H groups in total. The van der Waals surface area contributed by atoms with Crippen LogP contribution in [0.15, 0.2) is 78.9 Å². The normalized spacial score (nSPS) is 10.5. The molecule has 1 aromatic heterocycles. The molecule has 0 aliphatic heterocycles. The summed E-state index contributed by atoms with van der Waals surface area (Å²) in [5, 5.41) is 15.0. The van der Waals surface area contributed by atoms with Crippen LogP contribution in [0, 0.1) is 6.92 Å². The lowest BCUT2D eigenvalue weighted by Gasteiger charge is -2.09. The van der Waals surface area contributed by atoms with Gasteiger partial charge in [-0.3, -0.25) is 4.79 Å². The molecule has 32 heavy (non-hydrogen) atoms. The van der Waals surface area contributed by atoms with Gasteiger partial charge in [0, 0.05) is 22.5 Å². The maximum absolute atomic E-state index is 12.5. The molecule has 3 aromatic carbocycles. The SMILES string of the molecule is COc1ccc(NC(=O)c2ccc(Nc3ccc(-c4cccc(C)c4)nn3)cc2)cc1Cl. The molecule has 7 heteroatoms. The second-order valence-electron chi connectivity index (χ2n) is 7.18. The van der Waals surface area contributed by atoms with Gasteiger partial charge in [-0.05, 0) is 67.6 Å². The Labute approximate surface area is 191 Å². The van der Waals surface area contributed by atoms with Crippen LogP contribution in [0.2, 0.25) is 5.02 Å². The van der Waals surface area contributed by atoms with Crippen LogP contribution in [0.1, 0.15) is 15.9 Å². The molecule has 0 aliphatic carbocycles. The van der Waals surface area contributed by atoms with Crippen molar-refractivity contribution in [1.29, 1.82) is 0 Å². The Balaban J connectivity index is 1.40. The van der Waals surface area contributed by atoms with E-state index in [2.05, 4.69) is 26.9 Å². The van der Waals surface area contributed by atoms with E-state index in [9.17, 15) is 4.79 Å². The zero-order chi connectivity index (χ0) is 22.5. The summed E-state index contributed by atoms with van der Waals surface area (Å²) >= 11 is 6.11. The number of methoxy groups -OCH3 is 1. The average Bonchev–Trinajstić information content (AvgIpc) is 2.80. The number of aromatic nitrogens is 2. The van der Waals surface area contributed by atoms with Crippen LogP contribution in [0.4, 0.5) is 17.2 Å². The molecule has 0 bridgehead atoms. The number of rotatable bonds is 6. The first-order chi connectivity index (χ1) is 15.5. The number of ether oxygens (including phenoxy) is 1. The fourth-order valence-corrected chi connectivity index (χ4v) is 3.42. The molecule has 0 saturated carbocycles. The predicted octanol–water partition coefficient (Wildman–Crippen LogP) is 6.11. The van der Waals surface area contributed by atoms with Gasteiger partial charge in [0.2, 0.25) is 0 Å². The van der Waals surface area contributed by atoms with Crippen molar-refractivity contribution in [3.05, 3.63) is 95.0 Å². The van der Waals surface area contributed by atoms with E-state index < -0.39 is 0 Å². The minimum atomic E-state index is -0.236. The second kappa shape index (κ2) is 9.49. The van der Waals surface area contributed by atoms with Gasteiger partial charge in [0.15, 0.2) is 5.82 Å². The predicted molar refractivity (Wildman–Crippen MR) is 128 cm³/mol. The third-order valence-corrected chi connectivity index (χ3v) is 5.10. The summed E-state index contributed by atoms with van der Waals surface area (Å²) in [5.41, 5.74) is 4.91. The number of hydrogen-bond donors (Lipinski definition) is 2. The fourth-order valence-electron chi connectivity index (χ4n) is 3.16. The van der Waals surface area contributed by atoms with E-state index >= 15 is 0 Å². The standard InChI is InChI=1S/C25H21ClN4O2/c1-16-4-3-5-18(14-16)22-11-13-24(30-29-22)27-19-8-6-17(7-9-19)25(31)28-20-10-12-23(32-2)21(26)15-20/h3-15H,1-2H3,(H,27,30)(H,28,31). The van der Waals surface area contributed by atoms with Crippen LogP contribution in [0.5, 0.6) is 5.75 Å². The molecule has 160 valence electrons. The van der Waals surface area contributed by atoms with Crippen molar-refractivity contribution in [3.63, 3.8) is 0 Å². The number of nitrogens with one attached hydrogen (secondary N) is 2. The quantitative estimate of drug-likeness (QED) is 0.375. The first-order valence-electron chi connectivity index (χ1n) is 9.94. The van der Waals surface area contributed by atoms with Crippen LogP contribution in [-0.2, 0) is 0 Å². The van der Waals surface area contributed by atoms with Gasteiger partial charge in [-0.15, -0.1) is 10.2 Å². The van der Waals surface area contributed by atoms with Crippen LogP contribution >= 0.6 is 11.6 Å². The summed E-state index contributed by atoms with van der Waals surface area (Å²) in [6.07, 6.45) is 0. The summed E-state index contributed by atoms with van der Waals surface area (Å²) < 4.78 is 5.12. The van der Waals surface area contributed by atoms with Crippen molar-refractivity contribution in [2.75, 3.05) is 17.7 Å². The second-order valence-corrected chi connectivity index (χ2v) is 7.59.